The van der Waals surface area contributed by atoms with Crippen molar-refractivity contribution in [2.75, 3.05) is 31.9 Å². The van der Waals surface area contributed by atoms with Crippen molar-refractivity contribution in [3.05, 3.63) is 18.5 Å². The minimum Gasteiger partial charge on any atom is -0.339 e. The van der Waals surface area contributed by atoms with Crippen molar-refractivity contribution in [3.63, 3.8) is 0 Å². The summed E-state index contributed by atoms with van der Waals surface area (Å²) in [7, 11) is -3.21. The lowest BCUT2D eigenvalue weighted by Crippen LogP contribution is -2.45. The molecular weight excluding hydrogens is 292 g/mol. The highest BCUT2D eigenvalue weighted by atomic mass is 32.2. The van der Waals surface area contributed by atoms with Gasteiger partial charge in [0.25, 0.3) is 0 Å². The van der Waals surface area contributed by atoms with Crippen molar-refractivity contribution < 1.29 is 13.2 Å². The number of aromatic nitrogens is 2. The summed E-state index contributed by atoms with van der Waals surface area (Å²) in [6.07, 6.45) is 6.17. The summed E-state index contributed by atoms with van der Waals surface area (Å²) < 4.78 is 26.7. The van der Waals surface area contributed by atoms with Gasteiger partial charge in [0.1, 0.15) is 0 Å². The molecule has 3 heterocycles. The number of rotatable bonds is 3. The first-order chi connectivity index (χ1) is 10.1. The van der Waals surface area contributed by atoms with E-state index < -0.39 is 10.0 Å². The lowest BCUT2D eigenvalue weighted by molar-refractivity contribution is -0.133. The van der Waals surface area contributed by atoms with E-state index in [0.717, 1.165) is 12.8 Å². The van der Waals surface area contributed by atoms with Crippen LogP contribution in [0.3, 0.4) is 0 Å². The molecule has 2 saturated heterocycles. The Kier molecular flexibility index (Phi) is 3.99. The number of hydrogen-bond acceptors (Lipinski definition) is 4. The summed E-state index contributed by atoms with van der Waals surface area (Å²) in [4.78, 5) is 14.1. The second-order valence-electron chi connectivity index (χ2n) is 5.62. The van der Waals surface area contributed by atoms with Gasteiger partial charge >= 0.3 is 0 Å². The summed E-state index contributed by atoms with van der Waals surface area (Å²) in [5.74, 6) is 0.0632. The van der Waals surface area contributed by atoms with E-state index in [9.17, 15) is 13.2 Å². The second kappa shape index (κ2) is 5.76. The number of nitrogens with zero attached hydrogens (tertiary/aromatic N) is 4. The van der Waals surface area contributed by atoms with Crippen LogP contribution in [0.15, 0.2) is 18.5 Å². The Bertz CT molecular complexity index is 599. The molecule has 0 radical (unpaired) electrons. The minimum atomic E-state index is -3.21. The number of carbonyl (C=O) groups is 1. The molecule has 1 unspecified atom stereocenters. The number of piperidine rings is 1. The van der Waals surface area contributed by atoms with Crippen molar-refractivity contribution in [2.45, 2.75) is 25.3 Å². The minimum absolute atomic E-state index is 0.0197. The predicted molar refractivity (Wildman–Crippen MR) is 77.1 cm³/mol. The summed E-state index contributed by atoms with van der Waals surface area (Å²) in [5.41, 5.74) is 0. The van der Waals surface area contributed by atoms with Gasteiger partial charge in [-0.25, -0.2) is 8.42 Å². The average molecular weight is 312 g/mol. The second-order valence-corrected chi connectivity index (χ2v) is 7.71. The van der Waals surface area contributed by atoms with E-state index in [2.05, 4.69) is 5.10 Å². The van der Waals surface area contributed by atoms with Crippen LogP contribution in [0.5, 0.6) is 0 Å². The Morgan fingerprint density at radius 3 is 2.81 bits per heavy atom. The van der Waals surface area contributed by atoms with Crippen molar-refractivity contribution in [3.8, 4) is 0 Å². The third-order valence-corrected chi connectivity index (χ3v) is 6.07. The SMILES string of the molecule is O=C(CN1CCCS1(=O)=O)N1CCCC(n2cccn2)C1. The maximum atomic E-state index is 12.3. The van der Waals surface area contributed by atoms with E-state index in [0.29, 0.717) is 26.1 Å². The fraction of sp³-hybridized carbons (Fsp3) is 0.692. The molecule has 0 aliphatic carbocycles. The maximum absolute atomic E-state index is 12.3. The molecule has 2 aliphatic rings. The molecule has 3 rings (SSSR count). The zero-order valence-corrected chi connectivity index (χ0v) is 12.7. The molecular formula is C13H20N4O3S. The van der Waals surface area contributed by atoms with E-state index in [1.807, 2.05) is 16.9 Å². The molecule has 21 heavy (non-hydrogen) atoms. The predicted octanol–water partition coefficient (Wildman–Crippen LogP) is 0.0821. The van der Waals surface area contributed by atoms with Crippen LogP contribution in [0.4, 0.5) is 0 Å². The van der Waals surface area contributed by atoms with Gasteiger partial charge in [0.2, 0.25) is 15.9 Å². The molecule has 1 amide bonds. The van der Waals surface area contributed by atoms with Crippen LogP contribution >= 0.6 is 0 Å². The van der Waals surface area contributed by atoms with E-state index in [1.54, 1.807) is 11.1 Å². The van der Waals surface area contributed by atoms with E-state index in [1.165, 1.54) is 4.31 Å². The van der Waals surface area contributed by atoms with Crippen molar-refractivity contribution in [1.82, 2.24) is 19.0 Å². The molecule has 1 atom stereocenters. The quantitative estimate of drug-likeness (QED) is 0.792. The van der Waals surface area contributed by atoms with Crippen LogP contribution in [0.25, 0.3) is 0 Å². The molecule has 0 spiro atoms. The van der Waals surface area contributed by atoms with Crippen LogP contribution in [-0.2, 0) is 14.8 Å². The Hall–Kier alpha value is -1.41. The van der Waals surface area contributed by atoms with Gasteiger partial charge in [0.05, 0.1) is 18.3 Å². The lowest BCUT2D eigenvalue weighted by atomic mass is 10.1. The summed E-state index contributed by atoms with van der Waals surface area (Å²) in [6.45, 7) is 1.75. The van der Waals surface area contributed by atoms with Gasteiger partial charge in [-0.1, -0.05) is 0 Å². The number of hydrogen-bond donors (Lipinski definition) is 0. The van der Waals surface area contributed by atoms with Crippen LogP contribution in [0, 0.1) is 0 Å². The van der Waals surface area contributed by atoms with Gasteiger partial charge in [-0.2, -0.15) is 9.40 Å². The molecule has 2 aliphatic heterocycles. The van der Waals surface area contributed by atoms with Gasteiger partial charge in [-0.15, -0.1) is 0 Å². The molecule has 0 bridgehead atoms. The topological polar surface area (TPSA) is 75.5 Å². The highest BCUT2D eigenvalue weighted by Gasteiger charge is 2.32. The summed E-state index contributed by atoms with van der Waals surface area (Å²) in [5, 5.41) is 4.23. The molecule has 0 saturated carbocycles. The lowest BCUT2D eigenvalue weighted by Gasteiger charge is -2.33. The first kappa shape index (κ1) is 14.5. The smallest absolute Gasteiger partial charge is 0.237 e. The maximum Gasteiger partial charge on any atom is 0.237 e. The first-order valence-electron chi connectivity index (χ1n) is 7.31. The van der Waals surface area contributed by atoms with E-state index >= 15 is 0 Å². The molecule has 2 fully saturated rings. The fourth-order valence-electron chi connectivity index (χ4n) is 3.01. The Balaban J connectivity index is 1.62. The summed E-state index contributed by atoms with van der Waals surface area (Å²) >= 11 is 0. The zero-order chi connectivity index (χ0) is 14.9. The monoisotopic (exact) mass is 312 g/mol. The zero-order valence-electron chi connectivity index (χ0n) is 11.9. The number of sulfonamides is 1. The van der Waals surface area contributed by atoms with Crippen LogP contribution in [-0.4, -0.2) is 65.2 Å². The number of carbonyl (C=O) groups excluding carboxylic acids is 1. The Morgan fingerprint density at radius 2 is 2.14 bits per heavy atom. The van der Waals surface area contributed by atoms with Crippen molar-refractivity contribution in [2.24, 2.45) is 0 Å². The normalized spacial score (nSPS) is 26.1. The first-order valence-corrected chi connectivity index (χ1v) is 8.92. The van der Waals surface area contributed by atoms with Gasteiger partial charge < -0.3 is 4.90 Å². The van der Waals surface area contributed by atoms with Crippen molar-refractivity contribution in [1.29, 1.82) is 0 Å². The van der Waals surface area contributed by atoms with Gasteiger partial charge in [-0.05, 0) is 25.3 Å². The third-order valence-electron chi connectivity index (χ3n) is 4.16. The van der Waals surface area contributed by atoms with Crippen LogP contribution < -0.4 is 0 Å². The molecule has 0 N–H and O–H groups in total. The van der Waals surface area contributed by atoms with Crippen molar-refractivity contribution >= 4 is 15.9 Å². The van der Waals surface area contributed by atoms with E-state index in [4.69, 9.17) is 0 Å². The van der Waals surface area contributed by atoms with E-state index in [-0.39, 0.29) is 24.2 Å². The van der Waals surface area contributed by atoms with Gasteiger partial charge in [0.15, 0.2) is 0 Å². The third kappa shape index (κ3) is 3.11. The molecule has 116 valence electrons. The Morgan fingerprint density at radius 1 is 1.29 bits per heavy atom. The molecule has 0 aromatic carbocycles. The highest BCUT2D eigenvalue weighted by molar-refractivity contribution is 7.89. The van der Waals surface area contributed by atoms with Gasteiger partial charge in [-0.3, -0.25) is 9.48 Å². The molecule has 8 heteroatoms. The molecule has 1 aromatic heterocycles. The summed E-state index contributed by atoms with van der Waals surface area (Å²) in [6, 6.07) is 2.06. The van der Waals surface area contributed by atoms with Crippen LogP contribution in [0.1, 0.15) is 25.3 Å². The molecule has 7 nitrogen and oxygen atoms in total. The number of likely N-dealkylation sites (tertiary alicyclic amines) is 1. The number of amides is 1. The largest absolute Gasteiger partial charge is 0.339 e. The fourth-order valence-corrected chi connectivity index (χ4v) is 4.48. The Labute approximate surface area is 124 Å². The average Bonchev–Trinajstić information content (AvgIpc) is 3.10. The highest BCUT2D eigenvalue weighted by Crippen LogP contribution is 2.21. The van der Waals surface area contributed by atoms with Crippen LogP contribution in [0.2, 0.25) is 0 Å². The molecule has 1 aromatic rings. The standard InChI is InChI=1S/C13H20N4O3S/c18-13(11-16-7-3-9-21(16,19)20)15-6-1-4-12(10-15)17-8-2-5-14-17/h2,5,8,12H,1,3-4,6-7,9-11H2. The van der Waals surface area contributed by atoms with Gasteiger partial charge in [0, 0.05) is 32.0 Å².